The molecule has 0 spiro atoms. The first kappa shape index (κ1) is 17.9. The first-order valence-electron chi connectivity index (χ1n) is 9.18. The summed E-state index contributed by atoms with van der Waals surface area (Å²) >= 11 is 0. The van der Waals surface area contributed by atoms with Crippen molar-refractivity contribution in [1.29, 1.82) is 0 Å². The molecule has 142 valence electrons. The van der Waals surface area contributed by atoms with E-state index in [1.165, 1.54) is 11.1 Å². The quantitative estimate of drug-likeness (QED) is 0.538. The molecule has 0 saturated heterocycles. The van der Waals surface area contributed by atoms with Gasteiger partial charge in [0.1, 0.15) is 11.5 Å². The van der Waals surface area contributed by atoms with E-state index >= 15 is 0 Å². The molecule has 7 nitrogen and oxygen atoms in total. The van der Waals surface area contributed by atoms with E-state index in [2.05, 4.69) is 45.3 Å². The van der Waals surface area contributed by atoms with E-state index < -0.39 is 0 Å². The van der Waals surface area contributed by atoms with Crippen LogP contribution in [0.4, 0.5) is 0 Å². The number of nitrogens with one attached hydrogen (secondary N) is 2. The Morgan fingerprint density at radius 2 is 2.07 bits per heavy atom. The number of amides is 1. The van der Waals surface area contributed by atoms with Gasteiger partial charge >= 0.3 is 0 Å². The number of nitrogens with zero attached hydrogens (tertiary/aromatic N) is 3. The van der Waals surface area contributed by atoms with Crippen LogP contribution in [-0.4, -0.2) is 26.0 Å². The third-order valence-electron chi connectivity index (χ3n) is 4.76. The van der Waals surface area contributed by atoms with Gasteiger partial charge in [0.15, 0.2) is 5.76 Å². The van der Waals surface area contributed by atoms with E-state index in [0.717, 1.165) is 22.6 Å². The van der Waals surface area contributed by atoms with Crippen molar-refractivity contribution in [2.45, 2.75) is 33.2 Å². The summed E-state index contributed by atoms with van der Waals surface area (Å²) in [5, 5.41) is 6.85. The minimum Gasteiger partial charge on any atom is -0.359 e. The fraction of sp³-hybridized carbons (Fsp3) is 0.238. The van der Waals surface area contributed by atoms with E-state index in [1.807, 2.05) is 24.3 Å². The standard InChI is InChI=1S/C21H21N5O2/c1-13-6-7-17-21(14(13)2)25-19(24-17)8-9-20(27)23-12-15-11-18(26-28-15)16-5-3-4-10-22-16/h3-7,10-11H,8-9,12H2,1-2H3,(H,23,27)(H,24,25). The molecule has 1 aromatic carbocycles. The second-order valence-corrected chi connectivity index (χ2v) is 6.76. The number of pyridine rings is 1. The van der Waals surface area contributed by atoms with Crippen LogP contribution in [0.25, 0.3) is 22.4 Å². The Kier molecular flexibility index (Phi) is 4.89. The summed E-state index contributed by atoms with van der Waals surface area (Å²) in [7, 11) is 0. The van der Waals surface area contributed by atoms with Crippen molar-refractivity contribution in [2.75, 3.05) is 0 Å². The number of hydrogen-bond acceptors (Lipinski definition) is 5. The van der Waals surface area contributed by atoms with E-state index in [1.54, 1.807) is 12.3 Å². The average Bonchev–Trinajstić information content (AvgIpc) is 3.36. The Morgan fingerprint density at radius 1 is 1.18 bits per heavy atom. The molecule has 0 unspecified atom stereocenters. The monoisotopic (exact) mass is 375 g/mol. The number of aromatic nitrogens is 4. The van der Waals surface area contributed by atoms with Crippen LogP contribution in [0.2, 0.25) is 0 Å². The van der Waals surface area contributed by atoms with Crippen LogP contribution in [-0.2, 0) is 17.8 Å². The Balaban J connectivity index is 1.32. The highest BCUT2D eigenvalue weighted by Crippen LogP contribution is 2.20. The first-order valence-corrected chi connectivity index (χ1v) is 9.18. The van der Waals surface area contributed by atoms with Gasteiger partial charge in [0.25, 0.3) is 0 Å². The van der Waals surface area contributed by atoms with E-state index in [4.69, 9.17) is 4.52 Å². The molecular formula is C21H21N5O2. The maximum atomic E-state index is 12.2. The van der Waals surface area contributed by atoms with Crippen LogP contribution in [0, 0.1) is 13.8 Å². The minimum atomic E-state index is -0.0656. The number of benzene rings is 1. The van der Waals surface area contributed by atoms with Gasteiger partial charge in [-0.3, -0.25) is 9.78 Å². The zero-order valence-electron chi connectivity index (χ0n) is 15.8. The van der Waals surface area contributed by atoms with Gasteiger partial charge in [-0.05, 0) is 43.2 Å². The zero-order chi connectivity index (χ0) is 19.5. The van der Waals surface area contributed by atoms with Gasteiger partial charge < -0.3 is 14.8 Å². The molecule has 0 saturated carbocycles. The van der Waals surface area contributed by atoms with Crippen LogP contribution >= 0.6 is 0 Å². The molecule has 0 aliphatic carbocycles. The number of aryl methyl sites for hydroxylation is 3. The summed E-state index contributed by atoms with van der Waals surface area (Å²) in [5.74, 6) is 1.34. The predicted molar refractivity (Wildman–Crippen MR) is 105 cm³/mol. The fourth-order valence-corrected chi connectivity index (χ4v) is 3.02. The topological polar surface area (TPSA) is 96.7 Å². The number of H-pyrrole nitrogens is 1. The van der Waals surface area contributed by atoms with Gasteiger partial charge in [-0.2, -0.15) is 0 Å². The Labute approximate surface area is 162 Å². The Bertz CT molecular complexity index is 1110. The summed E-state index contributed by atoms with van der Waals surface area (Å²) in [4.78, 5) is 24.3. The molecule has 4 aromatic rings. The molecule has 0 radical (unpaired) electrons. The maximum absolute atomic E-state index is 12.2. The summed E-state index contributed by atoms with van der Waals surface area (Å²) in [6, 6.07) is 11.5. The number of carbonyl (C=O) groups excluding carboxylic acids is 1. The van der Waals surface area contributed by atoms with Crippen LogP contribution < -0.4 is 5.32 Å². The number of hydrogen-bond donors (Lipinski definition) is 2. The summed E-state index contributed by atoms with van der Waals surface area (Å²) < 4.78 is 5.27. The normalized spacial score (nSPS) is 11.1. The van der Waals surface area contributed by atoms with Crippen molar-refractivity contribution in [1.82, 2.24) is 25.4 Å². The average molecular weight is 375 g/mol. The van der Waals surface area contributed by atoms with Gasteiger partial charge in [0.05, 0.1) is 23.3 Å². The molecule has 0 atom stereocenters. The third-order valence-corrected chi connectivity index (χ3v) is 4.76. The van der Waals surface area contributed by atoms with Crippen molar-refractivity contribution in [3.63, 3.8) is 0 Å². The highest BCUT2D eigenvalue weighted by Gasteiger charge is 2.11. The molecule has 3 heterocycles. The smallest absolute Gasteiger partial charge is 0.220 e. The Hall–Kier alpha value is -3.48. The lowest BCUT2D eigenvalue weighted by Crippen LogP contribution is -2.22. The summed E-state index contributed by atoms with van der Waals surface area (Å²) in [6.07, 6.45) is 2.60. The highest BCUT2D eigenvalue weighted by atomic mass is 16.5. The van der Waals surface area contributed by atoms with E-state index in [9.17, 15) is 4.79 Å². The largest absolute Gasteiger partial charge is 0.359 e. The SMILES string of the molecule is Cc1ccc2[nH]c(CCC(=O)NCc3cc(-c4ccccn4)no3)nc2c1C. The van der Waals surface area contributed by atoms with Crippen molar-refractivity contribution < 1.29 is 9.32 Å². The fourth-order valence-electron chi connectivity index (χ4n) is 3.02. The van der Waals surface area contributed by atoms with Crippen LogP contribution in [0.1, 0.15) is 29.1 Å². The number of carbonyl (C=O) groups is 1. The molecule has 0 bridgehead atoms. The number of rotatable bonds is 6. The van der Waals surface area contributed by atoms with Gasteiger partial charge in [0.2, 0.25) is 5.91 Å². The van der Waals surface area contributed by atoms with Crippen molar-refractivity contribution in [3.05, 3.63) is 65.3 Å². The molecule has 7 heteroatoms. The number of fused-ring (bicyclic) bond motifs is 1. The lowest BCUT2D eigenvalue weighted by Gasteiger charge is -2.01. The van der Waals surface area contributed by atoms with Crippen LogP contribution in [0.15, 0.2) is 47.1 Å². The molecule has 1 amide bonds. The number of aromatic amines is 1. The lowest BCUT2D eigenvalue weighted by atomic mass is 10.1. The van der Waals surface area contributed by atoms with E-state index in [0.29, 0.717) is 24.3 Å². The van der Waals surface area contributed by atoms with Crippen molar-refractivity contribution in [3.8, 4) is 11.4 Å². The van der Waals surface area contributed by atoms with E-state index in [-0.39, 0.29) is 12.5 Å². The molecule has 4 rings (SSSR count). The minimum absolute atomic E-state index is 0.0656. The first-order chi connectivity index (χ1) is 13.6. The number of imidazole rings is 1. The highest BCUT2D eigenvalue weighted by molar-refractivity contribution is 5.80. The third kappa shape index (κ3) is 3.78. The molecule has 0 aliphatic rings. The van der Waals surface area contributed by atoms with Gasteiger partial charge in [0, 0.05) is 25.1 Å². The molecule has 3 aromatic heterocycles. The molecule has 2 N–H and O–H groups in total. The summed E-state index contributed by atoms with van der Waals surface area (Å²) in [6.45, 7) is 4.42. The van der Waals surface area contributed by atoms with Gasteiger partial charge in [-0.25, -0.2) is 4.98 Å². The molecular weight excluding hydrogens is 354 g/mol. The predicted octanol–water partition coefficient (Wildman–Crippen LogP) is 3.48. The molecule has 0 aliphatic heterocycles. The van der Waals surface area contributed by atoms with Gasteiger partial charge in [-0.15, -0.1) is 0 Å². The zero-order valence-corrected chi connectivity index (χ0v) is 15.8. The van der Waals surface area contributed by atoms with Crippen molar-refractivity contribution >= 4 is 16.9 Å². The Morgan fingerprint density at radius 3 is 2.89 bits per heavy atom. The second kappa shape index (κ2) is 7.64. The summed E-state index contributed by atoms with van der Waals surface area (Å²) in [5.41, 5.74) is 5.73. The van der Waals surface area contributed by atoms with Crippen molar-refractivity contribution in [2.24, 2.45) is 0 Å². The maximum Gasteiger partial charge on any atom is 0.220 e. The van der Waals surface area contributed by atoms with Crippen LogP contribution in [0.5, 0.6) is 0 Å². The van der Waals surface area contributed by atoms with Gasteiger partial charge in [-0.1, -0.05) is 17.3 Å². The molecule has 28 heavy (non-hydrogen) atoms. The molecule has 0 fully saturated rings. The van der Waals surface area contributed by atoms with Crippen LogP contribution in [0.3, 0.4) is 0 Å². The lowest BCUT2D eigenvalue weighted by molar-refractivity contribution is -0.121. The second-order valence-electron chi connectivity index (χ2n) is 6.76.